The number of ether oxygens (including phenoxy) is 1. The average Bonchev–Trinajstić information content (AvgIpc) is 2.80. The van der Waals surface area contributed by atoms with Crippen LogP contribution in [0.1, 0.15) is 65.1 Å². The number of benzene rings is 2. The fourth-order valence-electron chi connectivity index (χ4n) is 4.03. The third-order valence-electron chi connectivity index (χ3n) is 6.02. The first kappa shape index (κ1) is 23.5. The standard InChI is InChI=1S/C25H31N3O4/c1-16-13-20(23(27)29)11-12-22(16)28-24(30)21(14-26)18-9-7-17(8-10-18)15-32-25(31)19-5-3-2-4-6-19/h7-13,19,21H,2-6,14-15,26H2,1H3,(H2,27,29)(H,28,30). The van der Waals surface area contributed by atoms with Crippen LogP contribution in [-0.4, -0.2) is 24.3 Å². The molecule has 2 aromatic rings. The second kappa shape index (κ2) is 10.9. The van der Waals surface area contributed by atoms with Gasteiger partial charge in [-0.2, -0.15) is 0 Å². The van der Waals surface area contributed by atoms with Gasteiger partial charge in [-0.25, -0.2) is 0 Å². The van der Waals surface area contributed by atoms with Crippen molar-refractivity contribution in [3.63, 3.8) is 0 Å². The first-order valence-electron chi connectivity index (χ1n) is 11.1. The Balaban J connectivity index is 1.60. The van der Waals surface area contributed by atoms with Crippen molar-refractivity contribution < 1.29 is 19.1 Å². The van der Waals surface area contributed by atoms with E-state index < -0.39 is 11.8 Å². The molecule has 32 heavy (non-hydrogen) atoms. The Labute approximate surface area is 188 Å². The summed E-state index contributed by atoms with van der Waals surface area (Å²) in [6.45, 7) is 2.16. The van der Waals surface area contributed by atoms with E-state index in [4.69, 9.17) is 16.2 Å². The summed E-state index contributed by atoms with van der Waals surface area (Å²) in [4.78, 5) is 36.4. The highest BCUT2D eigenvalue weighted by Crippen LogP contribution is 2.25. The third kappa shape index (κ3) is 5.95. The van der Waals surface area contributed by atoms with Crippen LogP contribution in [0, 0.1) is 12.8 Å². The van der Waals surface area contributed by atoms with Crippen molar-refractivity contribution in [1.29, 1.82) is 0 Å². The minimum atomic E-state index is -0.538. The molecule has 0 spiro atoms. The number of amides is 2. The van der Waals surface area contributed by atoms with Crippen LogP contribution in [0.25, 0.3) is 0 Å². The van der Waals surface area contributed by atoms with E-state index in [9.17, 15) is 14.4 Å². The Morgan fingerprint density at radius 2 is 1.75 bits per heavy atom. The summed E-state index contributed by atoms with van der Waals surface area (Å²) in [7, 11) is 0. The molecule has 1 aliphatic rings. The molecule has 3 rings (SSSR count). The largest absolute Gasteiger partial charge is 0.461 e. The maximum atomic E-state index is 12.8. The van der Waals surface area contributed by atoms with Gasteiger partial charge in [0.25, 0.3) is 0 Å². The zero-order valence-electron chi connectivity index (χ0n) is 18.4. The number of hydrogen-bond acceptors (Lipinski definition) is 5. The average molecular weight is 438 g/mol. The van der Waals surface area contributed by atoms with Crippen LogP contribution in [0.4, 0.5) is 5.69 Å². The number of hydrogen-bond donors (Lipinski definition) is 3. The van der Waals surface area contributed by atoms with Crippen LogP contribution < -0.4 is 16.8 Å². The molecule has 0 heterocycles. The van der Waals surface area contributed by atoms with Gasteiger partial charge in [-0.15, -0.1) is 0 Å². The van der Waals surface area contributed by atoms with E-state index >= 15 is 0 Å². The van der Waals surface area contributed by atoms with Crippen molar-refractivity contribution in [1.82, 2.24) is 0 Å². The van der Waals surface area contributed by atoms with Gasteiger partial charge in [0.15, 0.2) is 0 Å². The first-order valence-corrected chi connectivity index (χ1v) is 11.1. The quantitative estimate of drug-likeness (QED) is 0.546. The van der Waals surface area contributed by atoms with Gasteiger partial charge in [-0.3, -0.25) is 14.4 Å². The summed E-state index contributed by atoms with van der Waals surface area (Å²) in [6, 6.07) is 12.3. The molecule has 0 aromatic heterocycles. The molecule has 1 saturated carbocycles. The fourth-order valence-corrected chi connectivity index (χ4v) is 4.03. The number of rotatable bonds is 8. The number of anilines is 1. The van der Waals surface area contributed by atoms with E-state index in [0.717, 1.165) is 42.4 Å². The monoisotopic (exact) mass is 437 g/mol. The Kier molecular flexibility index (Phi) is 8.00. The molecule has 1 unspecified atom stereocenters. The van der Waals surface area contributed by atoms with E-state index in [1.54, 1.807) is 25.1 Å². The van der Waals surface area contributed by atoms with Crippen LogP contribution in [0.5, 0.6) is 0 Å². The lowest BCUT2D eigenvalue weighted by Crippen LogP contribution is -2.27. The highest BCUT2D eigenvalue weighted by molar-refractivity contribution is 5.98. The molecular weight excluding hydrogens is 406 g/mol. The van der Waals surface area contributed by atoms with E-state index in [-0.39, 0.29) is 30.9 Å². The smallest absolute Gasteiger partial charge is 0.309 e. The molecule has 0 aliphatic heterocycles. The minimum absolute atomic E-state index is 0.0221. The summed E-state index contributed by atoms with van der Waals surface area (Å²) >= 11 is 0. The van der Waals surface area contributed by atoms with Crippen molar-refractivity contribution in [2.45, 2.75) is 51.6 Å². The lowest BCUT2D eigenvalue weighted by Gasteiger charge is -2.20. The number of primary amides is 1. The van der Waals surface area contributed by atoms with Gasteiger partial charge < -0.3 is 21.5 Å². The molecule has 1 fully saturated rings. The minimum Gasteiger partial charge on any atom is -0.461 e. The van der Waals surface area contributed by atoms with Crippen LogP contribution in [0.3, 0.4) is 0 Å². The molecule has 0 radical (unpaired) electrons. The number of carbonyl (C=O) groups is 3. The lowest BCUT2D eigenvalue weighted by atomic mass is 9.89. The number of nitrogens with two attached hydrogens (primary N) is 2. The summed E-state index contributed by atoms with van der Waals surface area (Å²) in [5.74, 6) is -1.39. The summed E-state index contributed by atoms with van der Waals surface area (Å²) in [5, 5.41) is 2.88. The van der Waals surface area contributed by atoms with Crippen LogP contribution in [0.2, 0.25) is 0 Å². The molecule has 2 aromatic carbocycles. The maximum Gasteiger partial charge on any atom is 0.309 e. The molecule has 0 bridgehead atoms. The topological polar surface area (TPSA) is 125 Å². The highest BCUT2D eigenvalue weighted by Gasteiger charge is 2.23. The van der Waals surface area contributed by atoms with Crippen molar-refractivity contribution in [2.24, 2.45) is 17.4 Å². The number of carbonyl (C=O) groups excluding carboxylic acids is 3. The van der Waals surface area contributed by atoms with E-state index in [1.165, 1.54) is 6.42 Å². The van der Waals surface area contributed by atoms with E-state index in [1.807, 2.05) is 24.3 Å². The van der Waals surface area contributed by atoms with E-state index in [2.05, 4.69) is 5.32 Å². The van der Waals surface area contributed by atoms with Crippen LogP contribution in [-0.2, 0) is 20.9 Å². The molecule has 7 heteroatoms. The molecule has 0 saturated heterocycles. The molecule has 170 valence electrons. The van der Waals surface area contributed by atoms with Gasteiger partial charge >= 0.3 is 5.97 Å². The molecule has 1 atom stereocenters. The Hall–Kier alpha value is -3.19. The zero-order chi connectivity index (χ0) is 23.1. The predicted molar refractivity (Wildman–Crippen MR) is 123 cm³/mol. The van der Waals surface area contributed by atoms with Crippen molar-refractivity contribution in [3.05, 3.63) is 64.7 Å². The SMILES string of the molecule is Cc1cc(C(N)=O)ccc1NC(=O)C(CN)c1ccc(COC(=O)C2CCCCC2)cc1. The van der Waals surface area contributed by atoms with Crippen LogP contribution >= 0.6 is 0 Å². The van der Waals surface area contributed by atoms with E-state index in [0.29, 0.717) is 11.3 Å². The Bertz CT molecular complexity index is 966. The molecular formula is C25H31N3O4. The summed E-state index contributed by atoms with van der Waals surface area (Å²) in [5.41, 5.74) is 14.6. The third-order valence-corrected chi connectivity index (χ3v) is 6.02. The second-order valence-electron chi connectivity index (χ2n) is 8.36. The van der Waals surface area contributed by atoms with Crippen molar-refractivity contribution in [3.8, 4) is 0 Å². The predicted octanol–water partition coefficient (Wildman–Crippen LogP) is 3.40. The zero-order valence-corrected chi connectivity index (χ0v) is 18.4. The van der Waals surface area contributed by atoms with Gasteiger partial charge in [0.05, 0.1) is 11.8 Å². The van der Waals surface area contributed by atoms with Crippen molar-refractivity contribution in [2.75, 3.05) is 11.9 Å². The van der Waals surface area contributed by atoms with Gasteiger partial charge in [0, 0.05) is 17.8 Å². The van der Waals surface area contributed by atoms with Crippen LogP contribution in [0.15, 0.2) is 42.5 Å². The number of nitrogens with one attached hydrogen (secondary N) is 1. The first-order chi connectivity index (χ1) is 15.4. The van der Waals surface area contributed by atoms with Gasteiger partial charge in [-0.1, -0.05) is 43.5 Å². The van der Waals surface area contributed by atoms with Crippen molar-refractivity contribution >= 4 is 23.5 Å². The maximum absolute atomic E-state index is 12.8. The number of esters is 1. The summed E-state index contributed by atoms with van der Waals surface area (Å²) < 4.78 is 5.48. The summed E-state index contributed by atoms with van der Waals surface area (Å²) in [6.07, 6.45) is 5.20. The lowest BCUT2D eigenvalue weighted by molar-refractivity contribution is -0.151. The molecule has 1 aliphatic carbocycles. The molecule has 7 nitrogen and oxygen atoms in total. The Morgan fingerprint density at radius 1 is 1.06 bits per heavy atom. The highest BCUT2D eigenvalue weighted by atomic mass is 16.5. The van der Waals surface area contributed by atoms with Gasteiger partial charge in [0.2, 0.25) is 11.8 Å². The molecule has 5 N–H and O–H groups in total. The molecule has 2 amide bonds. The second-order valence-corrected chi connectivity index (χ2v) is 8.36. The normalized spacial score (nSPS) is 15.1. The van der Waals surface area contributed by atoms with Gasteiger partial charge in [-0.05, 0) is 54.7 Å². The van der Waals surface area contributed by atoms with Gasteiger partial charge in [0.1, 0.15) is 6.61 Å². The fraction of sp³-hybridized carbons (Fsp3) is 0.400. The Morgan fingerprint density at radius 3 is 2.34 bits per heavy atom. The number of aryl methyl sites for hydroxylation is 1.